The van der Waals surface area contributed by atoms with Gasteiger partial charge in [-0.15, -0.1) is 0 Å². The van der Waals surface area contributed by atoms with Gasteiger partial charge in [-0.2, -0.15) is 0 Å². The molecule has 0 aromatic heterocycles. The number of rotatable bonds is 3. The fourth-order valence-corrected chi connectivity index (χ4v) is 2.18. The Kier molecular flexibility index (Phi) is 3.68. The molecule has 0 aliphatic rings. The van der Waals surface area contributed by atoms with Gasteiger partial charge in [0.1, 0.15) is 5.82 Å². The summed E-state index contributed by atoms with van der Waals surface area (Å²) < 4.78 is 34.5. The summed E-state index contributed by atoms with van der Waals surface area (Å²) in [7, 11) is 1.58. The van der Waals surface area contributed by atoms with E-state index in [0.717, 1.165) is 16.3 Å². The van der Waals surface area contributed by atoms with E-state index in [4.69, 9.17) is 10.7 Å². The summed E-state index contributed by atoms with van der Waals surface area (Å²) in [5.74, 6) is -0.491. The van der Waals surface area contributed by atoms with Crippen molar-refractivity contribution < 1.29 is 12.8 Å². The summed E-state index contributed by atoms with van der Waals surface area (Å²) in [5, 5.41) is 1.70. The van der Waals surface area contributed by atoms with E-state index < -0.39 is 9.05 Å². The zero-order valence-electron chi connectivity index (χ0n) is 9.31. The van der Waals surface area contributed by atoms with Crippen molar-refractivity contribution in [2.24, 2.45) is 0 Å². The van der Waals surface area contributed by atoms with Crippen molar-refractivity contribution in [3.8, 4) is 0 Å². The van der Waals surface area contributed by atoms with Gasteiger partial charge in [0.05, 0.1) is 5.75 Å². The van der Waals surface area contributed by atoms with Crippen LogP contribution in [0.5, 0.6) is 0 Å². The average molecular weight is 285 g/mol. The molecule has 0 unspecified atom stereocenters. The maximum absolute atomic E-state index is 13.0. The Labute approximate surface area is 109 Å². The van der Waals surface area contributed by atoms with E-state index in [0.29, 0.717) is 0 Å². The number of halogens is 2. The molecule has 2 aromatic carbocycles. The maximum Gasteiger partial charge on any atom is 0.236 e. The van der Waals surface area contributed by atoms with E-state index in [9.17, 15) is 12.8 Å². The number of fused-ring (bicyclic) bond motifs is 1. The van der Waals surface area contributed by atoms with E-state index in [2.05, 4.69) is 0 Å². The molecular weight excluding hydrogens is 275 g/mol. The molecule has 94 valence electrons. The van der Waals surface area contributed by atoms with Crippen LogP contribution in [0.2, 0.25) is 0 Å². The largest absolute Gasteiger partial charge is 0.236 e. The van der Waals surface area contributed by atoms with Crippen LogP contribution in [0.1, 0.15) is 5.56 Å². The molecule has 0 heterocycles. The molecule has 0 bridgehead atoms. The van der Waals surface area contributed by atoms with Crippen molar-refractivity contribution in [2.75, 3.05) is 5.75 Å². The quantitative estimate of drug-likeness (QED) is 0.808. The molecule has 2 aromatic rings. The Hall–Kier alpha value is -1.39. The monoisotopic (exact) mass is 284 g/mol. The lowest BCUT2D eigenvalue weighted by Gasteiger charge is -1.99. The van der Waals surface area contributed by atoms with Crippen molar-refractivity contribution in [3.63, 3.8) is 0 Å². The van der Waals surface area contributed by atoms with Gasteiger partial charge in [0.25, 0.3) is 0 Å². The van der Waals surface area contributed by atoms with Crippen LogP contribution in [0.3, 0.4) is 0 Å². The summed E-state index contributed by atoms with van der Waals surface area (Å²) in [6.45, 7) is 0. The normalized spacial score (nSPS) is 12.3. The SMILES string of the molecule is O=S(=O)(Cl)CC=Cc1ccc2cc(F)ccc2c1. The molecule has 0 N–H and O–H groups in total. The van der Waals surface area contributed by atoms with Crippen molar-refractivity contribution in [1.29, 1.82) is 0 Å². The van der Waals surface area contributed by atoms with Gasteiger partial charge in [-0.05, 0) is 34.5 Å². The Morgan fingerprint density at radius 3 is 2.50 bits per heavy atom. The minimum atomic E-state index is -3.51. The Morgan fingerprint density at radius 1 is 1.11 bits per heavy atom. The summed E-state index contributed by atoms with van der Waals surface area (Å²) >= 11 is 0. The lowest BCUT2D eigenvalue weighted by Crippen LogP contribution is -1.91. The third-order valence-electron chi connectivity index (χ3n) is 2.43. The van der Waals surface area contributed by atoms with Gasteiger partial charge in [-0.25, -0.2) is 12.8 Å². The van der Waals surface area contributed by atoms with Gasteiger partial charge in [0, 0.05) is 10.7 Å². The van der Waals surface area contributed by atoms with Crippen LogP contribution >= 0.6 is 10.7 Å². The Morgan fingerprint density at radius 2 is 1.78 bits per heavy atom. The lowest BCUT2D eigenvalue weighted by molar-refractivity contribution is 0.612. The van der Waals surface area contributed by atoms with E-state index in [1.807, 2.05) is 6.07 Å². The zero-order chi connectivity index (χ0) is 13.2. The molecule has 0 spiro atoms. The van der Waals surface area contributed by atoms with Crippen molar-refractivity contribution in [3.05, 3.63) is 53.9 Å². The highest BCUT2D eigenvalue weighted by atomic mass is 35.7. The molecule has 0 radical (unpaired) electrons. The second kappa shape index (κ2) is 5.08. The van der Waals surface area contributed by atoms with Crippen LogP contribution in [-0.4, -0.2) is 14.2 Å². The summed E-state index contributed by atoms with van der Waals surface area (Å²) in [5.41, 5.74) is 0.842. The molecule has 0 fully saturated rings. The summed E-state index contributed by atoms with van der Waals surface area (Å²) in [4.78, 5) is 0. The molecule has 5 heteroatoms. The highest BCUT2D eigenvalue weighted by molar-refractivity contribution is 8.13. The maximum atomic E-state index is 13.0. The van der Waals surface area contributed by atoms with Crippen molar-refractivity contribution in [1.82, 2.24) is 0 Å². The molecule has 18 heavy (non-hydrogen) atoms. The third-order valence-corrected chi connectivity index (χ3v) is 3.40. The van der Waals surface area contributed by atoms with Gasteiger partial charge < -0.3 is 0 Å². The van der Waals surface area contributed by atoms with Crippen LogP contribution in [0, 0.1) is 5.82 Å². The van der Waals surface area contributed by atoms with E-state index in [1.165, 1.54) is 18.2 Å². The van der Waals surface area contributed by atoms with Crippen LogP contribution in [0.15, 0.2) is 42.5 Å². The first kappa shape index (κ1) is 13.1. The third kappa shape index (κ3) is 3.55. The highest BCUT2D eigenvalue weighted by Crippen LogP contribution is 2.18. The molecule has 0 amide bonds. The van der Waals surface area contributed by atoms with E-state index >= 15 is 0 Å². The standard InChI is InChI=1S/C13H10ClFO2S/c14-18(16,17)7-1-2-10-3-4-12-9-13(15)6-5-11(12)8-10/h1-6,8-9H,7H2. The summed E-state index contributed by atoms with van der Waals surface area (Å²) in [6, 6.07) is 9.95. The predicted molar refractivity (Wildman–Crippen MR) is 72.6 cm³/mol. The lowest BCUT2D eigenvalue weighted by atomic mass is 10.1. The summed E-state index contributed by atoms with van der Waals surface area (Å²) in [6.07, 6.45) is 3.15. The van der Waals surface area contributed by atoms with Crippen LogP contribution < -0.4 is 0 Å². The van der Waals surface area contributed by atoms with E-state index in [1.54, 1.807) is 24.3 Å². The zero-order valence-corrected chi connectivity index (χ0v) is 10.9. The highest BCUT2D eigenvalue weighted by Gasteiger charge is 2.00. The van der Waals surface area contributed by atoms with E-state index in [-0.39, 0.29) is 11.6 Å². The predicted octanol–water partition coefficient (Wildman–Crippen LogP) is 3.56. The van der Waals surface area contributed by atoms with Gasteiger partial charge in [-0.1, -0.05) is 30.4 Å². The second-order valence-electron chi connectivity index (χ2n) is 3.86. The smallest absolute Gasteiger partial charge is 0.212 e. The number of benzene rings is 2. The Bertz CT molecular complexity index is 708. The first-order valence-corrected chi connectivity index (χ1v) is 7.70. The van der Waals surface area contributed by atoms with Gasteiger partial charge >= 0.3 is 0 Å². The molecule has 0 atom stereocenters. The van der Waals surface area contributed by atoms with Crippen LogP contribution in [0.25, 0.3) is 16.8 Å². The molecule has 0 aliphatic heterocycles. The fourth-order valence-electron chi connectivity index (χ4n) is 1.64. The van der Waals surface area contributed by atoms with Gasteiger partial charge in [0.2, 0.25) is 9.05 Å². The average Bonchev–Trinajstić information content (AvgIpc) is 2.27. The fraction of sp³-hybridized carbons (Fsp3) is 0.0769. The van der Waals surface area contributed by atoms with Crippen molar-refractivity contribution >= 4 is 36.6 Å². The number of hydrogen-bond donors (Lipinski definition) is 0. The van der Waals surface area contributed by atoms with Crippen molar-refractivity contribution in [2.45, 2.75) is 0 Å². The van der Waals surface area contributed by atoms with Gasteiger partial charge in [0.15, 0.2) is 0 Å². The number of hydrogen-bond acceptors (Lipinski definition) is 2. The minimum Gasteiger partial charge on any atom is -0.212 e. The minimum absolute atomic E-state index is 0.212. The molecule has 0 saturated heterocycles. The van der Waals surface area contributed by atoms with Gasteiger partial charge in [-0.3, -0.25) is 0 Å². The topological polar surface area (TPSA) is 34.1 Å². The van der Waals surface area contributed by atoms with Crippen LogP contribution in [-0.2, 0) is 9.05 Å². The first-order chi connectivity index (χ1) is 8.44. The first-order valence-electron chi connectivity index (χ1n) is 5.22. The molecular formula is C13H10ClFO2S. The molecule has 2 rings (SSSR count). The Balaban J connectivity index is 2.28. The molecule has 2 nitrogen and oxygen atoms in total. The molecule has 0 aliphatic carbocycles. The van der Waals surface area contributed by atoms with Crippen LogP contribution in [0.4, 0.5) is 4.39 Å². The molecule has 0 saturated carbocycles. The second-order valence-corrected chi connectivity index (χ2v) is 6.68.